The summed E-state index contributed by atoms with van der Waals surface area (Å²) in [6, 6.07) is 6.97. The molecule has 0 amide bonds. The molecule has 0 aliphatic carbocycles. The zero-order chi connectivity index (χ0) is 16.2. The summed E-state index contributed by atoms with van der Waals surface area (Å²) in [4.78, 5) is 23.4. The minimum atomic E-state index is -0.496. The number of carbonyl (C=O) groups excluding carboxylic acids is 1. The number of ether oxygens (including phenoxy) is 1. The molecular weight excluding hydrogens is 300 g/mol. The van der Waals surface area contributed by atoms with Crippen LogP contribution in [0.4, 0.5) is 0 Å². The van der Waals surface area contributed by atoms with Crippen molar-refractivity contribution in [1.29, 1.82) is 0 Å². The number of aryl methyl sites for hydroxylation is 1. The summed E-state index contributed by atoms with van der Waals surface area (Å²) in [6.45, 7) is 1.91. The molecule has 1 aromatic carbocycles. The number of hydrogen-bond acceptors (Lipinski definition) is 7. The van der Waals surface area contributed by atoms with Gasteiger partial charge >= 0.3 is 11.6 Å². The monoisotopic (exact) mass is 314 g/mol. The van der Waals surface area contributed by atoms with E-state index in [0.29, 0.717) is 11.1 Å². The summed E-state index contributed by atoms with van der Waals surface area (Å²) in [6.07, 6.45) is 2.16. The van der Waals surface area contributed by atoms with Gasteiger partial charge < -0.3 is 9.15 Å². The van der Waals surface area contributed by atoms with E-state index in [0.717, 1.165) is 17.4 Å². The predicted molar refractivity (Wildman–Crippen MR) is 79.5 cm³/mol. The van der Waals surface area contributed by atoms with Crippen LogP contribution in [0, 0.1) is 0 Å². The van der Waals surface area contributed by atoms with E-state index in [4.69, 9.17) is 9.15 Å². The number of tetrazole rings is 1. The topological polar surface area (TPSA) is 100 Å². The number of esters is 1. The number of aromatic nitrogens is 4. The SMILES string of the molecule is CCc1ccc2c(COC(=O)Cn3cnnn3)cc(=O)oc2c1. The zero-order valence-corrected chi connectivity index (χ0v) is 12.4. The first-order valence-electron chi connectivity index (χ1n) is 7.08. The minimum absolute atomic E-state index is 0.0193. The molecule has 2 aromatic heterocycles. The van der Waals surface area contributed by atoms with E-state index in [1.165, 1.54) is 17.1 Å². The highest BCUT2D eigenvalue weighted by molar-refractivity contribution is 5.81. The molecule has 0 saturated heterocycles. The quantitative estimate of drug-likeness (QED) is 0.513. The number of nitrogens with zero attached hydrogens (tertiary/aromatic N) is 4. The first kappa shape index (κ1) is 14.9. The molecule has 3 aromatic rings. The van der Waals surface area contributed by atoms with E-state index in [-0.39, 0.29) is 13.2 Å². The number of fused-ring (bicyclic) bond motifs is 1. The van der Waals surface area contributed by atoms with Crippen LogP contribution in [-0.4, -0.2) is 26.2 Å². The van der Waals surface area contributed by atoms with Gasteiger partial charge in [-0.2, -0.15) is 0 Å². The zero-order valence-electron chi connectivity index (χ0n) is 12.4. The highest BCUT2D eigenvalue weighted by atomic mass is 16.5. The van der Waals surface area contributed by atoms with Crippen LogP contribution in [0.15, 0.2) is 39.8 Å². The van der Waals surface area contributed by atoms with Gasteiger partial charge in [0.1, 0.15) is 25.1 Å². The number of hydrogen-bond donors (Lipinski definition) is 0. The van der Waals surface area contributed by atoms with Crippen LogP contribution in [0.1, 0.15) is 18.1 Å². The average molecular weight is 314 g/mol. The van der Waals surface area contributed by atoms with Gasteiger partial charge in [0.2, 0.25) is 0 Å². The predicted octanol–water partition coefficient (Wildman–Crippen LogP) is 1.09. The van der Waals surface area contributed by atoms with Crippen LogP contribution in [0.3, 0.4) is 0 Å². The molecule has 23 heavy (non-hydrogen) atoms. The Bertz CT molecular complexity index is 886. The van der Waals surface area contributed by atoms with Crippen LogP contribution in [0.2, 0.25) is 0 Å². The second-order valence-electron chi connectivity index (χ2n) is 4.94. The minimum Gasteiger partial charge on any atom is -0.459 e. The lowest BCUT2D eigenvalue weighted by atomic mass is 10.1. The Hall–Kier alpha value is -3.03. The molecule has 2 heterocycles. The van der Waals surface area contributed by atoms with Crippen LogP contribution < -0.4 is 5.63 Å². The lowest BCUT2D eigenvalue weighted by Crippen LogP contribution is -2.14. The van der Waals surface area contributed by atoms with Crippen molar-refractivity contribution < 1.29 is 13.9 Å². The second kappa shape index (κ2) is 6.39. The third-order valence-electron chi connectivity index (χ3n) is 3.37. The Morgan fingerprint density at radius 3 is 2.96 bits per heavy atom. The van der Waals surface area contributed by atoms with Gasteiger partial charge in [0, 0.05) is 17.0 Å². The van der Waals surface area contributed by atoms with Crippen molar-refractivity contribution >= 4 is 16.9 Å². The van der Waals surface area contributed by atoms with Crippen molar-refractivity contribution in [3.05, 3.63) is 52.1 Å². The number of benzene rings is 1. The van der Waals surface area contributed by atoms with E-state index in [1.807, 2.05) is 25.1 Å². The first-order valence-corrected chi connectivity index (χ1v) is 7.08. The van der Waals surface area contributed by atoms with Gasteiger partial charge in [0.15, 0.2) is 0 Å². The summed E-state index contributed by atoms with van der Waals surface area (Å²) in [5.41, 5.74) is 1.68. The lowest BCUT2D eigenvalue weighted by Gasteiger charge is -2.08. The van der Waals surface area contributed by atoms with E-state index < -0.39 is 11.6 Å². The van der Waals surface area contributed by atoms with Crippen LogP contribution >= 0.6 is 0 Å². The van der Waals surface area contributed by atoms with Crippen molar-refractivity contribution in [2.75, 3.05) is 0 Å². The first-order chi connectivity index (χ1) is 11.2. The standard InChI is InChI=1S/C15H14N4O4/c1-2-10-3-4-12-11(6-14(20)23-13(12)5-10)8-22-15(21)7-19-9-16-17-18-19/h3-6,9H,2,7-8H2,1H3. The Morgan fingerprint density at radius 2 is 2.22 bits per heavy atom. The van der Waals surface area contributed by atoms with E-state index in [2.05, 4.69) is 15.5 Å². The Kier molecular flexibility index (Phi) is 4.13. The third kappa shape index (κ3) is 3.42. The molecule has 0 unspecified atom stereocenters. The van der Waals surface area contributed by atoms with E-state index in [9.17, 15) is 9.59 Å². The van der Waals surface area contributed by atoms with Crippen LogP contribution in [0.25, 0.3) is 11.0 Å². The van der Waals surface area contributed by atoms with Crippen molar-refractivity contribution in [2.45, 2.75) is 26.5 Å². The summed E-state index contributed by atoms with van der Waals surface area (Å²) < 4.78 is 11.7. The fourth-order valence-corrected chi connectivity index (χ4v) is 2.20. The fourth-order valence-electron chi connectivity index (χ4n) is 2.20. The molecule has 0 aliphatic rings. The Labute approximate surface area is 130 Å². The molecule has 0 aliphatic heterocycles. The number of carbonyl (C=O) groups is 1. The highest BCUT2D eigenvalue weighted by Crippen LogP contribution is 2.19. The van der Waals surface area contributed by atoms with Crippen molar-refractivity contribution in [3.8, 4) is 0 Å². The molecule has 0 radical (unpaired) electrons. The third-order valence-corrected chi connectivity index (χ3v) is 3.37. The summed E-state index contributed by atoms with van der Waals surface area (Å²) >= 11 is 0. The summed E-state index contributed by atoms with van der Waals surface area (Å²) in [5, 5.41) is 11.2. The Morgan fingerprint density at radius 1 is 1.35 bits per heavy atom. The smallest absolute Gasteiger partial charge is 0.336 e. The molecule has 8 nitrogen and oxygen atoms in total. The average Bonchev–Trinajstić information content (AvgIpc) is 3.04. The molecule has 0 bridgehead atoms. The highest BCUT2D eigenvalue weighted by Gasteiger charge is 2.10. The second-order valence-corrected chi connectivity index (χ2v) is 4.94. The van der Waals surface area contributed by atoms with Gasteiger partial charge in [-0.1, -0.05) is 19.1 Å². The van der Waals surface area contributed by atoms with Gasteiger partial charge in [-0.05, 0) is 28.5 Å². The molecule has 0 N–H and O–H groups in total. The molecule has 0 spiro atoms. The molecule has 0 saturated carbocycles. The normalized spacial score (nSPS) is 10.8. The maximum atomic E-state index is 11.8. The molecule has 118 valence electrons. The summed E-state index contributed by atoms with van der Waals surface area (Å²) in [7, 11) is 0. The van der Waals surface area contributed by atoms with E-state index in [1.54, 1.807) is 0 Å². The number of rotatable bonds is 5. The molecular formula is C15H14N4O4. The van der Waals surface area contributed by atoms with Gasteiger partial charge in [-0.15, -0.1) is 5.10 Å². The van der Waals surface area contributed by atoms with Crippen molar-refractivity contribution in [1.82, 2.24) is 20.2 Å². The fraction of sp³-hybridized carbons (Fsp3) is 0.267. The van der Waals surface area contributed by atoms with Gasteiger partial charge in [-0.25, -0.2) is 9.48 Å². The van der Waals surface area contributed by atoms with Crippen molar-refractivity contribution in [2.24, 2.45) is 0 Å². The van der Waals surface area contributed by atoms with Crippen molar-refractivity contribution in [3.63, 3.8) is 0 Å². The van der Waals surface area contributed by atoms with E-state index >= 15 is 0 Å². The van der Waals surface area contributed by atoms with Gasteiger partial charge in [0.05, 0.1) is 0 Å². The van der Waals surface area contributed by atoms with Gasteiger partial charge in [0.25, 0.3) is 0 Å². The summed E-state index contributed by atoms with van der Waals surface area (Å²) in [5.74, 6) is -0.496. The van der Waals surface area contributed by atoms with Gasteiger partial charge in [-0.3, -0.25) is 4.79 Å². The maximum absolute atomic E-state index is 11.8. The Balaban J connectivity index is 1.79. The lowest BCUT2D eigenvalue weighted by molar-refractivity contribution is -0.145. The molecule has 0 atom stereocenters. The van der Waals surface area contributed by atoms with Crippen LogP contribution in [0.5, 0.6) is 0 Å². The molecule has 0 fully saturated rings. The molecule has 3 rings (SSSR count). The maximum Gasteiger partial charge on any atom is 0.336 e. The van der Waals surface area contributed by atoms with Crippen LogP contribution in [-0.2, 0) is 29.1 Å². The molecule has 8 heteroatoms. The largest absolute Gasteiger partial charge is 0.459 e.